The summed E-state index contributed by atoms with van der Waals surface area (Å²) in [7, 11) is 0. The molecule has 0 amide bonds. The van der Waals surface area contributed by atoms with Crippen molar-refractivity contribution in [3.05, 3.63) is 19.5 Å². The van der Waals surface area contributed by atoms with Gasteiger partial charge in [0.25, 0.3) is 0 Å². The van der Waals surface area contributed by atoms with Gasteiger partial charge in [-0.15, -0.1) is 0 Å². The normalized spacial score (nSPS) is 10.2. The Labute approximate surface area is 91.8 Å². The molecule has 0 radical (unpaired) electrons. The first-order chi connectivity index (χ1) is 6.07. The Bertz CT molecular complexity index is 339. The third-order valence-electron chi connectivity index (χ3n) is 1.22. The molecule has 0 spiro atoms. The highest BCUT2D eigenvalue weighted by molar-refractivity contribution is 9.10. The molecule has 0 N–H and O–H groups in total. The molecule has 0 unspecified atom stereocenters. The van der Waals surface area contributed by atoms with Crippen molar-refractivity contribution in [1.29, 1.82) is 0 Å². The van der Waals surface area contributed by atoms with Crippen LogP contribution < -0.4 is 0 Å². The smallest absolute Gasteiger partial charge is 0.349 e. The van der Waals surface area contributed by atoms with E-state index in [2.05, 4.69) is 20.7 Å². The Balaban J connectivity index is 3.01. The lowest BCUT2D eigenvalue weighted by atomic mass is 10.5. The van der Waals surface area contributed by atoms with Crippen LogP contribution in [0.1, 0.15) is 16.6 Å². The molecule has 1 aromatic heterocycles. The van der Waals surface area contributed by atoms with Gasteiger partial charge in [0.05, 0.1) is 16.1 Å². The average Bonchev–Trinajstić information content (AvgIpc) is 2.33. The van der Waals surface area contributed by atoms with Crippen LogP contribution in [0.15, 0.2) is 4.47 Å². The van der Waals surface area contributed by atoms with Crippen molar-refractivity contribution in [1.82, 2.24) is 0 Å². The molecule has 6 heteroatoms. The second-order valence-electron chi connectivity index (χ2n) is 2.05. The van der Waals surface area contributed by atoms with Crippen molar-refractivity contribution in [3.63, 3.8) is 0 Å². The number of carbonyl (C=O) groups excluding carboxylic acids is 1. The molecule has 2 nitrogen and oxygen atoms in total. The van der Waals surface area contributed by atoms with Crippen LogP contribution >= 0.6 is 38.9 Å². The van der Waals surface area contributed by atoms with Crippen LogP contribution in [-0.2, 0) is 4.74 Å². The third kappa shape index (κ3) is 2.21. The Kier molecular flexibility index (Phi) is 3.70. The van der Waals surface area contributed by atoms with Crippen LogP contribution in [0.25, 0.3) is 0 Å². The monoisotopic (exact) mass is 286 g/mol. The van der Waals surface area contributed by atoms with Gasteiger partial charge in [0.1, 0.15) is 4.88 Å². The van der Waals surface area contributed by atoms with Gasteiger partial charge in [0, 0.05) is 0 Å². The lowest BCUT2D eigenvalue weighted by molar-refractivity contribution is 0.0532. The van der Waals surface area contributed by atoms with Gasteiger partial charge in [-0.25, -0.2) is 4.79 Å². The van der Waals surface area contributed by atoms with E-state index in [0.29, 0.717) is 11.3 Å². The molecule has 72 valence electrons. The predicted octanol–water partition coefficient (Wildman–Crippen LogP) is 3.48. The Morgan fingerprint density at radius 3 is 2.77 bits per heavy atom. The van der Waals surface area contributed by atoms with Crippen molar-refractivity contribution in [2.75, 3.05) is 6.61 Å². The molecule has 0 aromatic carbocycles. The van der Waals surface area contributed by atoms with Gasteiger partial charge in [0.2, 0.25) is 0 Å². The van der Waals surface area contributed by atoms with Gasteiger partial charge in [0.15, 0.2) is 5.13 Å². The Morgan fingerprint density at radius 2 is 2.38 bits per heavy atom. The second kappa shape index (κ2) is 4.39. The minimum absolute atomic E-state index is 0.0703. The molecule has 0 aliphatic carbocycles. The highest BCUT2D eigenvalue weighted by Crippen LogP contribution is 2.36. The van der Waals surface area contributed by atoms with Crippen molar-refractivity contribution in [2.24, 2.45) is 0 Å². The van der Waals surface area contributed by atoms with Gasteiger partial charge in [-0.3, -0.25) is 0 Å². The number of carbonyl (C=O) groups is 1. The van der Waals surface area contributed by atoms with Gasteiger partial charge < -0.3 is 4.74 Å². The molecular formula is C7H5BrClFO2S. The largest absolute Gasteiger partial charge is 0.462 e. The summed E-state index contributed by atoms with van der Waals surface area (Å²) in [5.74, 6) is -0.595. The van der Waals surface area contributed by atoms with Gasteiger partial charge in [-0.05, 0) is 22.9 Å². The summed E-state index contributed by atoms with van der Waals surface area (Å²) in [4.78, 5) is 11.2. The number of halogens is 3. The summed E-state index contributed by atoms with van der Waals surface area (Å²) in [6.45, 7) is 1.91. The number of ether oxygens (including phenoxy) is 1. The zero-order chi connectivity index (χ0) is 10.0. The summed E-state index contributed by atoms with van der Waals surface area (Å²) in [5, 5.41) is -0.450. The molecule has 0 aliphatic heterocycles. The fourth-order valence-corrected chi connectivity index (χ4v) is 2.30. The SMILES string of the molecule is CCOC(=O)c1sc(F)c(Br)c1Cl. The van der Waals surface area contributed by atoms with E-state index < -0.39 is 11.1 Å². The summed E-state index contributed by atoms with van der Waals surface area (Å²) in [6.07, 6.45) is 0. The fourth-order valence-electron chi connectivity index (χ4n) is 0.693. The Morgan fingerprint density at radius 1 is 1.77 bits per heavy atom. The van der Waals surface area contributed by atoms with Crippen LogP contribution in [0, 0.1) is 5.13 Å². The average molecular weight is 288 g/mol. The second-order valence-corrected chi connectivity index (χ2v) is 4.20. The molecule has 0 fully saturated rings. The van der Waals surface area contributed by atoms with Crippen LogP contribution in [0.3, 0.4) is 0 Å². The molecule has 13 heavy (non-hydrogen) atoms. The summed E-state index contributed by atoms with van der Waals surface area (Å²) < 4.78 is 17.7. The molecular weight excluding hydrogens is 282 g/mol. The zero-order valence-electron chi connectivity index (χ0n) is 6.57. The molecule has 0 saturated carbocycles. The van der Waals surface area contributed by atoms with Crippen LogP contribution in [0.4, 0.5) is 4.39 Å². The molecule has 1 aromatic rings. The lowest BCUT2D eigenvalue weighted by Gasteiger charge is -1.97. The molecule has 0 bridgehead atoms. The van der Waals surface area contributed by atoms with E-state index >= 15 is 0 Å². The summed E-state index contributed by atoms with van der Waals surface area (Å²) in [6, 6.07) is 0. The van der Waals surface area contributed by atoms with Crippen molar-refractivity contribution in [3.8, 4) is 0 Å². The number of hydrogen-bond donors (Lipinski definition) is 0. The lowest BCUT2D eigenvalue weighted by Crippen LogP contribution is -2.02. The van der Waals surface area contributed by atoms with E-state index in [1.54, 1.807) is 6.92 Å². The molecule has 0 aliphatic rings. The molecule has 0 saturated heterocycles. The first-order valence-corrected chi connectivity index (χ1v) is 5.37. The first kappa shape index (κ1) is 10.9. The number of esters is 1. The van der Waals surface area contributed by atoms with E-state index in [0.717, 1.165) is 0 Å². The number of thiophene rings is 1. The van der Waals surface area contributed by atoms with Crippen molar-refractivity contribution >= 4 is 44.8 Å². The maximum absolute atomic E-state index is 12.9. The van der Waals surface area contributed by atoms with Gasteiger partial charge in [-0.1, -0.05) is 22.9 Å². The Hall–Kier alpha value is -0.130. The molecule has 1 rings (SSSR count). The highest BCUT2D eigenvalue weighted by atomic mass is 79.9. The van der Waals surface area contributed by atoms with E-state index in [-0.39, 0.29) is 21.0 Å². The van der Waals surface area contributed by atoms with Gasteiger partial charge >= 0.3 is 5.97 Å². The van der Waals surface area contributed by atoms with Crippen LogP contribution in [0.5, 0.6) is 0 Å². The van der Waals surface area contributed by atoms with E-state index in [1.165, 1.54) is 0 Å². The molecule has 0 atom stereocenters. The highest BCUT2D eigenvalue weighted by Gasteiger charge is 2.20. The van der Waals surface area contributed by atoms with Crippen molar-refractivity contribution in [2.45, 2.75) is 6.92 Å². The van der Waals surface area contributed by atoms with Gasteiger partial charge in [-0.2, -0.15) is 4.39 Å². The number of hydrogen-bond acceptors (Lipinski definition) is 3. The minimum Gasteiger partial charge on any atom is -0.462 e. The molecule has 1 heterocycles. The predicted molar refractivity (Wildman–Crippen MR) is 52.9 cm³/mol. The quantitative estimate of drug-likeness (QED) is 0.779. The van der Waals surface area contributed by atoms with Crippen molar-refractivity contribution < 1.29 is 13.9 Å². The number of rotatable bonds is 2. The minimum atomic E-state index is -0.595. The van der Waals surface area contributed by atoms with Crippen LogP contribution in [0.2, 0.25) is 5.02 Å². The van der Waals surface area contributed by atoms with E-state index in [1.807, 2.05) is 0 Å². The van der Waals surface area contributed by atoms with Crippen LogP contribution in [-0.4, -0.2) is 12.6 Å². The maximum Gasteiger partial charge on any atom is 0.349 e. The fraction of sp³-hybridized carbons (Fsp3) is 0.286. The summed E-state index contributed by atoms with van der Waals surface area (Å²) >= 11 is 9.25. The third-order valence-corrected chi connectivity index (χ3v) is 3.90. The first-order valence-electron chi connectivity index (χ1n) is 3.38. The zero-order valence-corrected chi connectivity index (χ0v) is 9.72. The maximum atomic E-state index is 12.9. The van der Waals surface area contributed by atoms with E-state index in [4.69, 9.17) is 11.6 Å². The summed E-state index contributed by atoms with van der Waals surface area (Å²) in [5.41, 5.74) is 0. The van der Waals surface area contributed by atoms with E-state index in [9.17, 15) is 9.18 Å². The standard InChI is InChI=1S/C7H5BrClFO2S/c1-2-12-7(11)5-4(9)3(8)6(10)13-5/h2H2,1H3. The topological polar surface area (TPSA) is 26.3 Å².